The SMILES string of the molecule is CC(C)(C)c1ccc(-c2ccc(CNC3CC3)o2)cc1. The molecule has 106 valence electrons. The molecule has 0 spiro atoms. The second kappa shape index (κ2) is 5.10. The molecule has 1 fully saturated rings. The van der Waals surface area contributed by atoms with E-state index in [9.17, 15) is 0 Å². The van der Waals surface area contributed by atoms with Gasteiger partial charge < -0.3 is 9.73 Å². The Morgan fingerprint density at radius 3 is 2.35 bits per heavy atom. The molecule has 0 aliphatic heterocycles. The molecule has 0 amide bonds. The zero-order valence-corrected chi connectivity index (χ0v) is 12.6. The number of hydrogen-bond donors (Lipinski definition) is 1. The Kier molecular flexibility index (Phi) is 3.43. The quantitative estimate of drug-likeness (QED) is 0.884. The first-order chi connectivity index (χ1) is 9.52. The molecule has 1 N–H and O–H groups in total. The molecule has 3 rings (SSSR count). The van der Waals surface area contributed by atoms with Gasteiger partial charge in [-0.05, 0) is 36.0 Å². The van der Waals surface area contributed by atoms with Gasteiger partial charge in [-0.25, -0.2) is 0 Å². The molecule has 1 heterocycles. The van der Waals surface area contributed by atoms with Crippen LogP contribution < -0.4 is 5.32 Å². The van der Waals surface area contributed by atoms with Crippen molar-refractivity contribution in [3.8, 4) is 11.3 Å². The van der Waals surface area contributed by atoms with Crippen molar-refractivity contribution in [1.82, 2.24) is 5.32 Å². The molecule has 0 unspecified atom stereocenters. The summed E-state index contributed by atoms with van der Waals surface area (Å²) in [7, 11) is 0. The minimum absolute atomic E-state index is 0.195. The van der Waals surface area contributed by atoms with E-state index >= 15 is 0 Å². The lowest BCUT2D eigenvalue weighted by molar-refractivity contribution is 0.492. The van der Waals surface area contributed by atoms with Crippen LogP contribution in [-0.4, -0.2) is 6.04 Å². The van der Waals surface area contributed by atoms with Gasteiger partial charge in [0, 0.05) is 11.6 Å². The highest BCUT2D eigenvalue weighted by atomic mass is 16.3. The Balaban J connectivity index is 1.71. The van der Waals surface area contributed by atoms with Gasteiger partial charge in [-0.15, -0.1) is 0 Å². The molecule has 2 heteroatoms. The fourth-order valence-electron chi connectivity index (χ4n) is 2.29. The van der Waals surface area contributed by atoms with E-state index in [4.69, 9.17) is 4.42 Å². The molecule has 0 bridgehead atoms. The maximum atomic E-state index is 5.91. The highest BCUT2D eigenvalue weighted by Gasteiger charge is 2.20. The molecular weight excluding hydrogens is 246 g/mol. The Hall–Kier alpha value is -1.54. The lowest BCUT2D eigenvalue weighted by atomic mass is 9.86. The topological polar surface area (TPSA) is 25.2 Å². The third-order valence-corrected chi connectivity index (χ3v) is 3.84. The Bertz CT molecular complexity index is 570. The minimum Gasteiger partial charge on any atom is -0.460 e. The fraction of sp³-hybridized carbons (Fsp3) is 0.444. The van der Waals surface area contributed by atoms with E-state index in [-0.39, 0.29) is 5.41 Å². The van der Waals surface area contributed by atoms with Gasteiger partial charge >= 0.3 is 0 Å². The van der Waals surface area contributed by atoms with Gasteiger partial charge in [-0.3, -0.25) is 0 Å². The smallest absolute Gasteiger partial charge is 0.134 e. The molecule has 0 atom stereocenters. The van der Waals surface area contributed by atoms with Gasteiger partial charge in [0.15, 0.2) is 0 Å². The highest BCUT2D eigenvalue weighted by molar-refractivity contribution is 5.58. The van der Waals surface area contributed by atoms with Crippen molar-refractivity contribution >= 4 is 0 Å². The van der Waals surface area contributed by atoms with Crippen molar-refractivity contribution in [2.24, 2.45) is 0 Å². The van der Waals surface area contributed by atoms with Crippen molar-refractivity contribution in [3.05, 3.63) is 47.7 Å². The number of furan rings is 1. The summed E-state index contributed by atoms with van der Waals surface area (Å²) >= 11 is 0. The Morgan fingerprint density at radius 1 is 1.05 bits per heavy atom. The fourth-order valence-corrected chi connectivity index (χ4v) is 2.29. The van der Waals surface area contributed by atoms with E-state index in [1.54, 1.807) is 0 Å². The monoisotopic (exact) mass is 269 g/mol. The third kappa shape index (κ3) is 3.13. The van der Waals surface area contributed by atoms with Crippen LogP contribution in [0.4, 0.5) is 0 Å². The lowest BCUT2D eigenvalue weighted by Crippen LogP contribution is -2.14. The number of rotatable bonds is 4. The molecule has 1 aromatic carbocycles. The van der Waals surface area contributed by atoms with Gasteiger partial charge in [0.05, 0.1) is 6.54 Å². The molecule has 0 radical (unpaired) electrons. The van der Waals surface area contributed by atoms with E-state index < -0.39 is 0 Å². The molecular formula is C18H23NO. The maximum absolute atomic E-state index is 5.91. The summed E-state index contributed by atoms with van der Waals surface area (Å²) in [5.41, 5.74) is 2.69. The Morgan fingerprint density at radius 2 is 1.75 bits per heavy atom. The lowest BCUT2D eigenvalue weighted by Gasteiger charge is -2.18. The maximum Gasteiger partial charge on any atom is 0.134 e. The van der Waals surface area contributed by atoms with Crippen molar-refractivity contribution < 1.29 is 4.42 Å². The number of nitrogens with one attached hydrogen (secondary N) is 1. The average molecular weight is 269 g/mol. The largest absolute Gasteiger partial charge is 0.460 e. The summed E-state index contributed by atoms with van der Waals surface area (Å²) in [6.07, 6.45) is 2.61. The molecule has 1 saturated carbocycles. The van der Waals surface area contributed by atoms with E-state index in [2.05, 4.69) is 62.5 Å². The summed E-state index contributed by atoms with van der Waals surface area (Å²) in [4.78, 5) is 0. The normalized spacial score (nSPS) is 15.6. The number of benzene rings is 1. The summed E-state index contributed by atoms with van der Waals surface area (Å²) in [5.74, 6) is 1.98. The van der Waals surface area contributed by atoms with Crippen molar-refractivity contribution in [1.29, 1.82) is 0 Å². The van der Waals surface area contributed by atoms with E-state index in [1.807, 2.05) is 0 Å². The molecule has 0 saturated heterocycles. The van der Waals surface area contributed by atoms with Crippen molar-refractivity contribution in [2.45, 2.75) is 51.6 Å². The second-order valence-electron chi connectivity index (χ2n) is 6.75. The first kappa shape index (κ1) is 13.4. The minimum atomic E-state index is 0.195. The highest BCUT2D eigenvalue weighted by Crippen LogP contribution is 2.27. The van der Waals surface area contributed by atoms with Gasteiger partial charge in [-0.1, -0.05) is 45.0 Å². The van der Waals surface area contributed by atoms with Crippen LogP contribution in [0.2, 0.25) is 0 Å². The van der Waals surface area contributed by atoms with Crippen molar-refractivity contribution in [3.63, 3.8) is 0 Å². The molecule has 1 aliphatic rings. The predicted octanol–water partition coefficient (Wildman–Crippen LogP) is 4.50. The first-order valence-electron chi connectivity index (χ1n) is 7.45. The zero-order valence-electron chi connectivity index (χ0n) is 12.6. The average Bonchev–Trinajstić information content (AvgIpc) is 3.13. The summed E-state index contributed by atoms with van der Waals surface area (Å²) in [5, 5.41) is 3.47. The summed E-state index contributed by atoms with van der Waals surface area (Å²) < 4.78 is 5.91. The van der Waals surface area contributed by atoms with Crippen LogP contribution in [0.5, 0.6) is 0 Å². The summed E-state index contributed by atoms with van der Waals surface area (Å²) in [6.45, 7) is 7.54. The first-order valence-corrected chi connectivity index (χ1v) is 7.45. The molecule has 2 aromatic rings. The van der Waals surface area contributed by atoms with Crippen LogP contribution in [0.15, 0.2) is 40.8 Å². The van der Waals surface area contributed by atoms with Crippen LogP contribution in [-0.2, 0) is 12.0 Å². The molecule has 1 aliphatic carbocycles. The molecule has 2 nitrogen and oxygen atoms in total. The van der Waals surface area contributed by atoms with Gasteiger partial charge in [-0.2, -0.15) is 0 Å². The molecule has 20 heavy (non-hydrogen) atoms. The van der Waals surface area contributed by atoms with E-state index in [1.165, 1.54) is 18.4 Å². The van der Waals surface area contributed by atoms with Gasteiger partial charge in [0.1, 0.15) is 11.5 Å². The molecule has 1 aromatic heterocycles. The van der Waals surface area contributed by atoms with Crippen LogP contribution >= 0.6 is 0 Å². The van der Waals surface area contributed by atoms with Crippen molar-refractivity contribution in [2.75, 3.05) is 0 Å². The summed E-state index contributed by atoms with van der Waals surface area (Å²) in [6, 6.07) is 13.5. The van der Waals surface area contributed by atoms with Gasteiger partial charge in [0.25, 0.3) is 0 Å². The predicted molar refractivity (Wildman–Crippen MR) is 82.7 cm³/mol. The third-order valence-electron chi connectivity index (χ3n) is 3.84. The van der Waals surface area contributed by atoms with E-state index in [0.29, 0.717) is 0 Å². The van der Waals surface area contributed by atoms with Crippen LogP contribution in [0.1, 0.15) is 44.9 Å². The van der Waals surface area contributed by atoms with E-state index in [0.717, 1.165) is 29.7 Å². The van der Waals surface area contributed by atoms with Crippen LogP contribution in [0.25, 0.3) is 11.3 Å². The van der Waals surface area contributed by atoms with Gasteiger partial charge in [0.2, 0.25) is 0 Å². The van der Waals surface area contributed by atoms with Crippen LogP contribution in [0, 0.1) is 0 Å². The van der Waals surface area contributed by atoms with Crippen LogP contribution in [0.3, 0.4) is 0 Å². The standard InChI is InChI=1S/C18H23NO/c1-18(2,3)14-6-4-13(5-7-14)17-11-10-16(20-17)12-19-15-8-9-15/h4-7,10-11,15,19H,8-9,12H2,1-3H3. The number of hydrogen-bond acceptors (Lipinski definition) is 2. The zero-order chi connectivity index (χ0) is 14.2. The second-order valence-corrected chi connectivity index (χ2v) is 6.75. The Labute approximate surface area is 121 Å².